The van der Waals surface area contributed by atoms with Crippen molar-refractivity contribution in [3.8, 4) is 0 Å². The summed E-state index contributed by atoms with van der Waals surface area (Å²) >= 11 is 0. The minimum absolute atomic E-state index is 0.227. The Hall–Kier alpha value is -0.610. The van der Waals surface area contributed by atoms with Crippen LogP contribution in [0.4, 0.5) is 0 Å². The Balaban J connectivity index is 2.26. The molecule has 4 atom stereocenters. The molecule has 0 heterocycles. The topological polar surface area (TPSA) is 83.6 Å². The van der Waals surface area contributed by atoms with E-state index in [0.717, 1.165) is 25.7 Å². The van der Waals surface area contributed by atoms with Crippen LogP contribution in [0, 0.1) is 11.3 Å². The second-order valence-electron chi connectivity index (χ2n) is 4.66. The summed E-state index contributed by atoms with van der Waals surface area (Å²) in [6, 6.07) is -0.227. The fourth-order valence-corrected chi connectivity index (χ4v) is 3.29. The van der Waals surface area contributed by atoms with E-state index in [1.54, 1.807) is 0 Å². The molecule has 0 radical (unpaired) electrons. The molecule has 4 N–H and O–H groups in total. The molecule has 14 heavy (non-hydrogen) atoms. The number of hydrogen-bond donors (Lipinski definition) is 3. The van der Waals surface area contributed by atoms with Crippen LogP contribution in [-0.2, 0) is 4.79 Å². The first kappa shape index (κ1) is 9.93. The van der Waals surface area contributed by atoms with Gasteiger partial charge in [-0.15, -0.1) is 0 Å². The van der Waals surface area contributed by atoms with Gasteiger partial charge < -0.3 is 15.9 Å². The molecule has 1 spiro atoms. The highest BCUT2D eigenvalue weighted by Crippen LogP contribution is 2.53. The third-order valence-corrected chi connectivity index (χ3v) is 4.06. The van der Waals surface area contributed by atoms with Crippen LogP contribution in [0.5, 0.6) is 0 Å². The van der Waals surface area contributed by atoms with Gasteiger partial charge in [-0.3, -0.25) is 4.79 Å². The molecule has 0 bridgehead atoms. The summed E-state index contributed by atoms with van der Waals surface area (Å²) in [6.07, 6.45) is 3.32. The maximum absolute atomic E-state index is 11.1. The van der Waals surface area contributed by atoms with Gasteiger partial charge in [-0.05, 0) is 25.7 Å². The average Bonchev–Trinajstić information content (AvgIpc) is 2.67. The minimum atomic E-state index is -0.768. The van der Waals surface area contributed by atoms with Gasteiger partial charge in [0, 0.05) is 11.5 Å². The number of aliphatic hydroxyl groups is 1. The molecule has 0 unspecified atom stereocenters. The highest BCUT2D eigenvalue weighted by molar-refractivity contribution is 5.71. The van der Waals surface area contributed by atoms with E-state index in [0.29, 0.717) is 6.42 Å². The summed E-state index contributed by atoms with van der Waals surface area (Å²) in [4.78, 5) is 11.1. The molecule has 2 aliphatic rings. The summed E-state index contributed by atoms with van der Waals surface area (Å²) in [6.45, 7) is 0. The average molecular weight is 199 g/mol. The summed E-state index contributed by atoms with van der Waals surface area (Å²) in [5.41, 5.74) is 5.34. The van der Waals surface area contributed by atoms with Crippen molar-refractivity contribution in [3.63, 3.8) is 0 Å². The molecule has 4 nitrogen and oxygen atoms in total. The van der Waals surface area contributed by atoms with Gasteiger partial charge in [-0.25, -0.2) is 0 Å². The second kappa shape index (κ2) is 3.21. The molecule has 2 saturated carbocycles. The van der Waals surface area contributed by atoms with E-state index in [9.17, 15) is 9.90 Å². The standard InChI is InChI=1S/C10H17NO3/c11-7-3-5-10(8(7)12)4-1-2-6(10)9(13)14/h6-8,12H,1-5,11H2,(H,13,14)/t6-,7+,8+,10-/m1/s1. The maximum Gasteiger partial charge on any atom is 0.307 e. The van der Waals surface area contributed by atoms with Crippen LogP contribution in [0.1, 0.15) is 32.1 Å². The largest absolute Gasteiger partial charge is 0.481 e. The predicted molar refractivity (Wildman–Crippen MR) is 50.6 cm³/mol. The van der Waals surface area contributed by atoms with Crippen molar-refractivity contribution in [2.45, 2.75) is 44.2 Å². The lowest BCUT2D eigenvalue weighted by molar-refractivity contribution is -0.148. The quantitative estimate of drug-likeness (QED) is 0.568. The van der Waals surface area contributed by atoms with Crippen molar-refractivity contribution in [1.82, 2.24) is 0 Å². The molecule has 4 heteroatoms. The van der Waals surface area contributed by atoms with Gasteiger partial charge in [0.15, 0.2) is 0 Å². The Morgan fingerprint density at radius 1 is 1.36 bits per heavy atom. The molecular formula is C10H17NO3. The molecule has 2 aliphatic carbocycles. The normalized spacial score (nSPS) is 47.4. The Morgan fingerprint density at radius 3 is 2.57 bits per heavy atom. The van der Waals surface area contributed by atoms with Crippen LogP contribution < -0.4 is 5.73 Å². The first-order valence-electron chi connectivity index (χ1n) is 5.24. The van der Waals surface area contributed by atoms with Crippen LogP contribution in [0.15, 0.2) is 0 Å². The van der Waals surface area contributed by atoms with Gasteiger partial charge in [0.2, 0.25) is 0 Å². The summed E-state index contributed by atoms with van der Waals surface area (Å²) < 4.78 is 0. The summed E-state index contributed by atoms with van der Waals surface area (Å²) in [5, 5.41) is 19.1. The Morgan fingerprint density at radius 2 is 2.07 bits per heavy atom. The number of carboxylic acids is 1. The smallest absolute Gasteiger partial charge is 0.307 e. The van der Waals surface area contributed by atoms with Crippen molar-refractivity contribution in [3.05, 3.63) is 0 Å². The third-order valence-electron chi connectivity index (χ3n) is 4.06. The Labute approximate surface area is 83.1 Å². The van der Waals surface area contributed by atoms with Gasteiger partial charge in [-0.2, -0.15) is 0 Å². The molecule has 0 amide bonds. The highest BCUT2D eigenvalue weighted by Gasteiger charge is 2.56. The summed E-state index contributed by atoms with van der Waals surface area (Å²) in [5.74, 6) is -1.15. The van der Waals surface area contributed by atoms with E-state index in [1.165, 1.54) is 0 Å². The monoisotopic (exact) mass is 199 g/mol. The van der Waals surface area contributed by atoms with Crippen LogP contribution in [0.3, 0.4) is 0 Å². The predicted octanol–water partition coefficient (Wildman–Crippen LogP) is 0.339. The molecule has 0 saturated heterocycles. The Kier molecular flexibility index (Phi) is 2.27. The first-order chi connectivity index (χ1) is 6.58. The van der Waals surface area contributed by atoms with E-state index in [1.807, 2.05) is 0 Å². The van der Waals surface area contributed by atoms with Crippen molar-refractivity contribution in [1.29, 1.82) is 0 Å². The van der Waals surface area contributed by atoms with Gasteiger partial charge in [0.25, 0.3) is 0 Å². The number of hydrogen-bond acceptors (Lipinski definition) is 3. The number of carboxylic acid groups (broad SMARTS) is 1. The van der Waals surface area contributed by atoms with Crippen LogP contribution in [0.2, 0.25) is 0 Å². The van der Waals surface area contributed by atoms with E-state index in [2.05, 4.69) is 0 Å². The van der Waals surface area contributed by atoms with Gasteiger partial charge in [-0.1, -0.05) is 6.42 Å². The molecule has 0 aliphatic heterocycles. The SMILES string of the molecule is N[C@H]1CC[C@@]2(CCC[C@@H]2C(=O)O)[C@H]1O. The highest BCUT2D eigenvalue weighted by atomic mass is 16.4. The third kappa shape index (κ3) is 1.17. The van der Waals surface area contributed by atoms with Gasteiger partial charge in [0.05, 0.1) is 12.0 Å². The fraction of sp³-hybridized carbons (Fsp3) is 0.900. The lowest BCUT2D eigenvalue weighted by Gasteiger charge is -2.33. The number of aliphatic carboxylic acids is 1. The van der Waals surface area contributed by atoms with E-state index < -0.39 is 17.5 Å². The number of aliphatic hydroxyl groups excluding tert-OH is 1. The first-order valence-corrected chi connectivity index (χ1v) is 5.24. The lowest BCUT2D eigenvalue weighted by atomic mass is 9.74. The number of carbonyl (C=O) groups is 1. The summed E-state index contributed by atoms with van der Waals surface area (Å²) in [7, 11) is 0. The van der Waals surface area contributed by atoms with Gasteiger partial charge in [0.1, 0.15) is 0 Å². The van der Waals surface area contributed by atoms with Crippen molar-refractivity contribution < 1.29 is 15.0 Å². The molecule has 0 aromatic heterocycles. The van der Waals surface area contributed by atoms with Crippen molar-refractivity contribution >= 4 is 5.97 Å². The van der Waals surface area contributed by atoms with Crippen molar-refractivity contribution in [2.24, 2.45) is 17.1 Å². The van der Waals surface area contributed by atoms with E-state index in [4.69, 9.17) is 10.8 Å². The second-order valence-corrected chi connectivity index (χ2v) is 4.66. The van der Waals surface area contributed by atoms with Crippen LogP contribution >= 0.6 is 0 Å². The van der Waals surface area contributed by atoms with Gasteiger partial charge >= 0.3 is 5.97 Å². The molecule has 2 fully saturated rings. The number of rotatable bonds is 1. The molecule has 0 aromatic carbocycles. The zero-order chi connectivity index (χ0) is 10.3. The minimum Gasteiger partial charge on any atom is -0.481 e. The Bertz CT molecular complexity index is 256. The zero-order valence-electron chi connectivity index (χ0n) is 8.15. The molecule has 80 valence electrons. The fourth-order valence-electron chi connectivity index (χ4n) is 3.29. The maximum atomic E-state index is 11.1. The van der Waals surface area contributed by atoms with E-state index in [-0.39, 0.29) is 12.0 Å². The van der Waals surface area contributed by atoms with E-state index >= 15 is 0 Å². The van der Waals surface area contributed by atoms with Crippen molar-refractivity contribution in [2.75, 3.05) is 0 Å². The molecular weight excluding hydrogens is 182 g/mol. The lowest BCUT2D eigenvalue weighted by Crippen LogP contribution is -2.44. The molecule has 2 rings (SSSR count). The zero-order valence-corrected chi connectivity index (χ0v) is 8.15. The molecule has 0 aromatic rings. The number of nitrogens with two attached hydrogens (primary N) is 1. The van der Waals surface area contributed by atoms with Crippen LogP contribution in [0.25, 0.3) is 0 Å². The van der Waals surface area contributed by atoms with Crippen LogP contribution in [-0.4, -0.2) is 28.3 Å².